The van der Waals surface area contributed by atoms with Gasteiger partial charge in [0.1, 0.15) is 0 Å². The lowest BCUT2D eigenvalue weighted by molar-refractivity contribution is 0.630. The normalized spacial score (nSPS) is 26.6. The Hall–Kier alpha value is -0.980. The smallest absolute Gasteiger partial charge is 0.0517 e. The van der Waals surface area contributed by atoms with Crippen LogP contribution in [0.4, 0.5) is 5.69 Å². The summed E-state index contributed by atoms with van der Waals surface area (Å²) in [7, 11) is 0. The molecule has 1 fully saturated rings. The first-order valence-electron chi connectivity index (χ1n) is 5.05. The Labute approximate surface area is 80.4 Å². The number of rotatable bonds is 2. The van der Waals surface area contributed by atoms with Crippen LogP contribution < -0.4 is 4.90 Å². The average Bonchev–Trinajstić information content (AvgIpc) is 2.79. The summed E-state index contributed by atoms with van der Waals surface area (Å²) in [6, 6.07) is 12.2. The van der Waals surface area contributed by atoms with Crippen LogP contribution in [0.2, 0.25) is 0 Å². The molecule has 1 aromatic rings. The predicted octanol–water partition coefficient (Wildman–Crippen LogP) is 2.92. The molecule has 0 radical (unpaired) electrons. The molecule has 1 aromatic carbocycles. The zero-order valence-corrected chi connectivity index (χ0v) is 8.57. The number of para-hydroxylation sites is 1. The van der Waals surface area contributed by atoms with Gasteiger partial charge >= 0.3 is 0 Å². The Balaban J connectivity index is 2.14. The highest BCUT2D eigenvalue weighted by atomic mass is 15.4. The largest absolute Gasteiger partial charge is 0.361 e. The minimum Gasteiger partial charge on any atom is -0.361 e. The van der Waals surface area contributed by atoms with Crippen molar-refractivity contribution in [1.82, 2.24) is 0 Å². The fourth-order valence-electron chi connectivity index (χ4n) is 2.26. The summed E-state index contributed by atoms with van der Waals surface area (Å²) in [4.78, 5) is 2.49. The summed E-state index contributed by atoms with van der Waals surface area (Å²) in [5, 5.41) is 0. The second-order valence-electron chi connectivity index (χ2n) is 4.22. The zero-order chi connectivity index (χ0) is 9.42. The molecule has 0 spiro atoms. The number of anilines is 1. The minimum absolute atomic E-state index is 0.724. The molecule has 1 aliphatic rings. The predicted molar refractivity (Wildman–Crippen MR) is 57.0 cm³/mol. The van der Waals surface area contributed by atoms with Gasteiger partial charge in [0.25, 0.3) is 0 Å². The van der Waals surface area contributed by atoms with Gasteiger partial charge in [0.05, 0.1) is 6.04 Å². The van der Waals surface area contributed by atoms with Gasteiger partial charge in [-0.05, 0) is 25.0 Å². The molecular formula is C12H17N. The first-order chi connectivity index (χ1) is 6.22. The van der Waals surface area contributed by atoms with Gasteiger partial charge in [-0.3, -0.25) is 0 Å². The van der Waals surface area contributed by atoms with Crippen LogP contribution in [-0.2, 0) is 0 Å². The molecule has 0 aromatic heterocycles. The van der Waals surface area contributed by atoms with Crippen molar-refractivity contribution in [2.45, 2.75) is 32.9 Å². The van der Waals surface area contributed by atoms with Crippen LogP contribution >= 0.6 is 0 Å². The highest BCUT2D eigenvalue weighted by Crippen LogP contribution is 2.38. The van der Waals surface area contributed by atoms with Gasteiger partial charge in [-0.1, -0.05) is 32.0 Å². The molecule has 1 heterocycles. The Kier molecular flexibility index (Phi) is 2.03. The molecule has 0 aliphatic carbocycles. The fraction of sp³-hybridized carbons (Fsp3) is 0.500. The van der Waals surface area contributed by atoms with Crippen molar-refractivity contribution in [1.29, 1.82) is 0 Å². The van der Waals surface area contributed by atoms with Gasteiger partial charge < -0.3 is 4.90 Å². The molecule has 70 valence electrons. The maximum Gasteiger partial charge on any atom is 0.0517 e. The second-order valence-corrected chi connectivity index (χ2v) is 4.22. The first-order valence-corrected chi connectivity index (χ1v) is 5.05. The van der Waals surface area contributed by atoms with E-state index >= 15 is 0 Å². The maximum atomic E-state index is 2.49. The lowest BCUT2D eigenvalue weighted by Crippen LogP contribution is -2.05. The van der Waals surface area contributed by atoms with Crippen molar-refractivity contribution < 1.29 is 0 Å². The molecule has 0 N–H and O–H groups in total. The van der Waals surface area contributed by atoms with E-state index in [1.54, 1.807) is 0 Å². The number of nitrogens with zero attached hydrogens (tertiary/aromatic N) is 1. The monoisotopic (exact) mass is 175 g/mol. The number of benzene rings is 1. The maximum absolute atomic E-state index is 2.49. The average molecular weight is 175 g/mol. The van der Waals surface area contributed by atoms with Crippen molar-refractivity contribution in [3.05, 3.63) is 30.3 Å². The van der Waals surface area contributed by atoms with Crippen molar-refractivity contribution >= 4 is 5.69 Å². The van der Waals surface area contributed by atoms with E-state index in [0.29, 0.717) is 0 Å². The first kappa shape index (κ1) is 8.61. The molecular weight excluding hydrogens is 158 g/mol. The van der Waals surface area contributed by atoms with Gasteiger partial charge in [-0.2, -0.15) is 0 Å². The Bertz CT molecular complexity index is 278. The second kappa shape index (κ2) is 3.06. The summed E-state index contributed by atoms with van der Waals surface area (Å²) < 4.78 is 0. The van der Waals surface area contributed by atoms with E-state index < -0.39 is 0 Å². The third kappa shape index (κ3) is 1.43. The lowest BCUT2D eigenvalue weighted by atomic mass is 10.1. The third-order valence-electron chi connectivity index (χ3n) is 2.90. The summed E-state index contributed by atoms with van der Waals surface area (Å²) in [5.41, 5.74) is 1.37. The molecule has 1 aliphatic heterocycles. The topological polar surface area (TPSA) is 3.01 Å². The van der Waals surface area contributed by atoms with Crippen LogP contribution in [0.15, 0.2) is 30.3 Å². The summed E-state index contributed by atoms with van der Waals surface area (Å²) in [5.74, 6) is 0.759. The zero-order valence-electron chi connectivity index (χ0n) is 8.57. The van der Waals surface area contributed by atoms with E-state index in [0.717, 1.165) is 18.0 Å². The number of hydrogen-bond donors (Lipinski definition) is 0. The van der Waals surface area contributed by atoms with Crippen LogP contribution in [0.5, 0.6) is 0 Å². The van der Waals surface area contributed by atoms with E-state index in [-0.39, 0.29) is 0 Å². The lowest BCUT2D eigenvalue weighted by Gasteiger charge is -2.06. The minimum atomic E-state index is 0.724. The van der Waals surface area contributed by atoms with Crippen LogP contribution in [0.3, 0.4) is 0 Å². The van der Waals surface area contributed by atoms with E-state index in [1.807, 2.05) is 0 Å². The highest BCUT2D eigenvalue weighted by molar-refractivity contribution is 5.56. The molecule has 0 saturated carbocycles. The molecule has 1 heteroatoms. The molecule has 2 rings (SSSR count). The van der Waals surface area contributed by atoms with Gasteiger partial charge in [0.15, 0.2) is 0 Å². The summed E-state index contributed by atoms with van der Waals surface area (Å²) >= 11 is 0. The van der Waals surface area contributed by atoms with E-state index in [9.17, 15) is 0 Å². The molecule has 0 amide bonds. The van der Waals surface area contributed by atoms with Crippen LogP contribution in [0, 0.1) is 5.92 Å². The Morgan fingerprint density at radius 1 is 1.15 bits per heavy atom. The molecule has 1 saturated heterocycles. The van der Waals surface area contributed by atoms with E-state index in [2.05, 4.69) is 56.0 Å². The van der Waals surface area contributed by atoms with Crippen LogP contribution in [0.1, 0.15) is 20.8 Å². The van der Waals surface area contributed by atoms with Gasteiger partial charge in [-0.25, -0.2) is 0 Å². The molecule has 1 nitrogen and oxygen atoms in total. The van der Waals surface area contributed by atoms with Crippen molar-refractivity contribution in [3.8, 4) is 0 Å². The summed E-state index contributed by atoms with van der Waals surface area (Å²) in [6.45, 7) is 6.89. The van der Waals surface area contributed by atoms with Crippen molar-refractivity contribution in [2.24, 2.45) is 5.92 Å². The van der Waals surface area contributed by atoms with E-state index in [4.69, 9.17) is 0 Å². The number of hydrogen-bond acceptors (Lipinski definition) is 1. The summed E-state index contributed by atoms with van der Waals surface area (Å²) in [6.07, 6.45) is 0. The van der Waals surface area contributed by atoms with Gasteiger partial charge in [0.2, 0.25) is 0 Å². The Morgan fingerprint density at radius 2 is 1.77 bits per heavy atom. The van der Waals surface area contributed by atoms with E-state index in [1.165, 1.54) is 5.69 Å². The fourth-order valence-corrected chi connectivity index (χ4v) is 2.26. The quantitative estimate of drug-likeness (QED) is 0.624. The van der Waals surface area contributed by atoms with Crippen LogP contribution in [-0.4, -0.2) is 12.1 Å². The molecule has 2 atom stereocenters. The van der Waals surface area contributed by atoms with Gasteiger partial charge in [0, 0.05) is 11.7 Å². The van der Waals surface area contributed by atoms with Crippen LogP contribution in [0.25, 0.3) is 0 Å². The Morgan fingerprint density at radius 3 is 2.23 bits per heavy atom. The standard InChI is InChI=1S/C12H17N/c1-9(2)12-10(3)13(12)11-7-5-4-6-8-11/h4-10,12H,1-3H3. The highest BCUT2D eigenvalue weighted by Gasteiger charge is 2.45. The van der Waals surface area contributed by atoms with Crippen molar-refractivity contribution in [2.75, 3.05) is 4.90 Å². The SMILES string of the molecule is CC(C)C1C(C)N1c1ccccc1. The molecule has 0 bridgehead atoms. The third-order valence-corrected chi connectivity index (χ3v) is 2.90. The van der Waals surface area contributed by atoms with Crippen molar-refractivity contribution in [3.63, 3.8) is 0 Å². The molecule has 2 unspecified atom stereocenters. The molecule has 13 heavy (non-hydrogen) atoms. The van der Waals surface area contributed by atoms with Gasteiger partial charge in [-0.15, -0.1) is 0 Å².